The van der Waals surface area contributed by atoms with Crippen molar-refractivity contribution in [2.45, 2.75) is 26.7 Å². The summed E-state index contributed by atoms with van der Waals surface area (Å²) in [5.41, 5.74) is 6.07. The SMILES string of the molecule is CC(=NNC(=O)c1cccnc1)c1ccc(C(C)C)cc1. The van der Waals surface area contributed by atoms with Gasteiger partial charge in [-0.1, -0.05) is 38.1 Å². The van der Waals surface area contributed by atoms with Crippen molar-refractivity contribution in [1.29, 1.82) is 0 Å². The summed E-state index contributed by atoms with van der Waals surface area (Å²) in [6.45, 7) is 6.18. The number of aromatic nitrogens is 1. The highest BCUT2D eigenvalue weighted by atomic mass is 16.2. The molecule has 108 valence electrons. The molecule has 2 aromatic rings. The molecule has 1 N–H and O–H groups in total. The Bertz CT molecular complexity index is 631. The molecule has 2 rings (SSSR count). The van der Waals surface area contributed by atoms with Gasteiger partial charge in [0.1, 0.15) is 0 Å². The molecule has 0 aliphatic carbocycles. The van der Waals surface area contributed by atoms with Gasteiger partial charge in [0, 0.05) is 12.4 Å². The number of pyridine rings is 1. The molecule has 0 radical (unpaired) electrons. The molecule has 1 heterocycles. The monoisotopic (exact) mass is 281 g/mol. The zero-order chi connectivity index (χ0) is 15.2. The first-order chi connectivity index (χ1) is 10.1. The zero-order valence-corrected chi connectivity index (χ0v) is 12.5. The molecular weight excluding hydrogens is 262 g/mol. The highest BCUT2D eigenvalue weighted by Gasteiger charge is 2.05. The first-order valence-corrected chi connectivity index (χ1v) is 6.93. The molecule has 0 fully saturated rings. The smallest absolute Gasteiger partial charge is 0.267 e. The average Bonchev–Trinajstić information content (AvgIpc) is 2.53. The van der Waals surface area contributed by atoms with Crippen LogP contribution in [-0.4, -0.2) is 16.6 Å². The molecule has 0 bridgehead atoms. The molecule has 1 aromatic carbocycles. The minimum absolute atomic E-state index is 0.263. The van der Waals surface area contributed by atoms with Crippen molar-refractivity contribution in [1.82, 2.24) is 10.4 Å². The minimum atomic E-state index is -0.263. The topological polar surface area (TPSA) is 54.4 Å². The fourth-order valence-electron chi connectivity index (χ4n) is 1.87. The lowest BCUT2D eigenvalue weighted by atomic mass is 10.0. The van der Waals surface area contributed by atoms with Crippen molar-refractivity contribution in [2.75, 3.05) is 0 Å². The highest BCUT2D eigenvalue weighted by Crippen LogP contribution is 2.15. The number of amides is 1. The molecule has 0 aliphatic heterocycles. The maximum Gasteiger partial charge on any atom is 0.272 e. The van der Waals surface area contributed by atoms with Gasteiger partial charge in [-0.3, -0.25) is 9.78 Å². The van der Waals surface area contributed by atoms with Crippen LogP contribution in [-0.2, 0) is 0 Å². The Labute approximate surface area is 124 Å². The van der Waals surface area contributed by atoms with E-state index in [2.05, 4.69) is 41.5 Å². The van der Waals surface area contributed by atoms with Gasteiger partial charge in [0.2, 0.25) is 0 Å². The molecule has 1 amide bonds. The van der Waals surface area contributed by atoms with Gasteiger partial charge in [0.25, 0.3) is 5.91 Å². The molecule has 4 nitrogen and oxygen atoms in total. The maximum atomic E-state index is 11.9. The summed E-state index contributed by atoms with van der Waals surface area (Å²) in [6.07, 6.45) is 3.14. The van der Waals surface area contributed by atoms with Gasteiger partial charge in [0.15, 0.2) is 0 Å². The molecule has 4 heteroatoms. The van der Waals surface area contributed by atoms with E-state index in [0.29, 0.717) is 11.5 Å². The second kappa shape index (κ2) is 6.79. The van der Waals surface area contributed by atoms with Crippen molar-refractivity contribution in [2.24, 2.45) is 5.10 Å². The number of hydrogen-bond acceptors (Lipinski definition) is 3. The Kier molecular flexibility index (Phi) is 4.82. The van der Waals surface area contributed by atoms with Crippen LogP contribution < -0.4 is 5.43 Å². The van der Waals surface area contributed by atoms with Gasteiger partial charge < -0.3 is 0 Å². The third kappa shape index (κ3) is 3.99. The summed E-state index contributed by atoms with van der Waals surface area (Å²) in [7, 11) is 0. The maximum absolute atomic E-state index is 11.9. The summed E-state index contributed by atoms with van der Waals surface area (Å²) in [6, 6.07) is 11.6. The summed E-state index contributed by atoms with van der Waals surface area (Å²) in [5.74, 6) is 0.239. The number of nitrogens with zero attached hydrogens (tertiary/aromatic N) is 2. The molecule has 0 atom stereocenters. The predicted molar refractivity (Wildman–Crippen MR) is 84.4 cm³/mol. The Hall–Kier alpha value is -2.49. The lowest BCUT2D eigenvalue weighted by molar-refractivity contribution is 0.0954. The summed E-state index contributed by atoms with van der Waals surface area (Å²) in [5, 5.41) is 4.13. The van der Waals surface area contributed by atoms with Gasteiger partial charge in [0.05, 0.1) is 11.3 Å². The van der Waals surface area contributed by atoms with Crippen LogP contribution in [0.1, 0.15) is 48.2 Å². The molecule has 0 unspecified atom stereocenters. The zero-order valence-electron chi connectivity index (χ0n) is 12.5. The summed E-state index contributed by atoms with van der Waals surface area (Å²) in [4.78, 5) is 15.8. The minimum Gasteiger partial charge on any atom is -0.267 e. The van der Waals surface area contributed by atoms with E-state index in [4.69, 9.17) is 0 Å². The standard InChI is InChI=1S/C17H19N3O/c1-12(2)14-6-8-15(9-7-14)13(3)19-20-17(21)16-5-4-10-18-11-16/h4-12H,1-3H3,(H,20,21). The van der Waals surface area contributed by atoms with Gasteiger partial charge in [-0.2, -0.15) is 5.10 Å². The van der Waals surface area contributed by atoms with Crippen LogP contribution in [0, 0.1) is 0 Å². The first kappa shape index (κ1) is 14.9. The fourth-order valence-corrected chi connectivity index (χ4v) is 1.87. The van der Waals surface area contributed by atoms with Crippen molar-refractivity contribution in [3.05, 3.63) is 65.5 Å². The van der Waals surface area contributed by atoms with Gasteiger partial charge >= 0.3 is 0 Å². The third-order valence-electron chi connectivity index (χ3n) is 3.24. The van der Waals surface area contributed by atoms with Crippen LogP contribution in [0.2, 0.25) is 0 Å². The van der Waals surface area contributed by atoms with Crippen molar-refractivity contribution < 1.29 is 4.79 Å². The molecule has 21 heavy (non-hydrogen) atoms. The fraction of sp³-hybridized carbons (Fsp3) is 0.235. The van der Waals surface area contributed by atoms with Crippen LogP contribution in [0.5, 0.6) is 0 Å². The number of nitrogens with one attached hydrogen (secondary N) is 1. The Morgan fingerprint density at radius 3 is 2.43 bits per heavy atom. The number of carbonyl (C=O) groups is 1. The number of benzene rings is 1. The van der Waals surface area contributed by atoms with Gasteiger partial charge in [-0.15, -0.1) is 0 Å². The summed E-state index contributed by atoms with van der Waals surface area (Å²) >= 11 is 0. The Morgan fingerprint density at radius 2 is 1.86 bits per heavy atom. The van der Waals surface area contributed by atoms with E-state index in [1.807, 2.05) is 19.1 Å². The third-order valence-corrected chi connectivity index (χ3v) is 3.24. The Morgan fingerprint density at radius 1 is 1.14 bits per heavy atom. The number of carbonyl (C=O) groups excluding carboxylic acids is 1. The normalized spacial score (nSPS) is 11.5. The van der Waals surface area contributed by atoms with Gasteiger partial charge in [-0.25, -0.2) is 5.43 Å². The number of hydrogen-bond donors (Lipinski definition) is 1. The molecule has 1 aromatic heterocycles. The second-order valence-electron chi connectivity index (χ2n) is 5.16. The molecule has 0 spiro atoms. The van der Waals surface area contributed by atoms with Crippen LogP contribution in [0.3, 0.4) is 0 Å². The Balaban J connectivity index is 2.05. The van der Waals surface area contributed by atoms with Crippen LogP contribution in [0.25, 0.3) is 0 Å². The van der Waals surface area contributed by atoms with Crippen molar-refractivity contribution >= 4 is 11.6 Å². The van der Waals surface area contributed by atoms with Crippen LogP contribution in [0.4, 0.5) is 0 Å². The first-order valence-electron chi connectivity index (χ1n) is 6.93. The largest absolute Gasteiger partial charge is 0.272 e. The quantitative estimate of drug-likeness (QED) is 0.690. The molecular formula is C17H19N3O. The van der Waals surface area contributed by atoms with E-state index in [-0.39, 0.29) is 5.91 Å². The van der Waals surface area contributed by atoms with E-state index in [1.165, 1.54) is 11.8 Å². The van der Waals surface area contributed by atoms with Crippen LogP contribution >= 0.6 is 0 Å². The number of rotatable bonds is 4. The second-order valence-corrected chi connectivity index (χ2v) is 5.16. The predicted octanol–water partition coefficient (Wildman–Crippen LogP) is 3.36. The van der Waals surface area contributed by atoms with Crippen LogP contribution in [0.15, 0.2) is 53.9 Å². The summed E-state index contributed by atoms with van der Waals surface area (Å²) < 4.78 is 0. The highest BCUT2D eigenvalue weighted by molar-refractivity contribution is 6.00. The molecule has 0 aliphatic rings. The van der Waals surface area contributed by atoms with Crippen molar-refractivity contribution in [3.63, 3.8) is 0 Å². The molecule has 0 saturated carbocycles. The lowest BCUT2D eigenvalue weighted by Gasteiger charge is -2.07. The number of hydrazone groups is 1. The molecule has 0 saturated heterocycles. The van der Waals surface area contributed by atoms with E-state index in [1.54, 1.807) is 18.3 Å². The van der Waals surface area contributed by atoms with Gasteiger partial charge in [-0.05, 0) is 36.1 Å². The lowest BCUT2D eigenvalue weighted by Crippen LogP contribution is -2.19. The van der Waals surface area contributed by atoms with Crippen molar-refractivity contribution in [3.8, 4) is 0 Å². The van der Waals surface area contributed by atoms with E-state index in [0.717, 1.165) is 11.3 Å². The average molecular weight is 281 g/mol. The van der Waals surface area contributed by atoms with E-state index >= 15 is 0 Å². The van der Waals surface area contributed by atoms with E-state index in [9.17, 15) is 4.79 Å². The van der Waals surface area contributed by atoms with E-state index < -0.39 is 0 Å².